The molecule has 2 rings (SSSR count). The molecule has 122 valence electrons. The topological polar surface area (TPSA) is 66.9 Å². The summed E-state index contributed by atoms with van der Waals surface area (Å²) in [6, 6.07) is 0.607. The number of hydrogen-bond acceptors (Lipinski definition) is 3. The number of H-pyrrole nitrogens is 1. The average Bonchev–Trinajstić information content (AvgIpc) is 2.57. The number of aromatic amines is 1. The lowest BCUT2D eigenvalue weighted by atomic mass is 9.59. The first-order valence-electron chi connectivity index (χ1n) is 8.23. The minimum Gasteiger partial charge on any atom is -0.365 e. The second kappa shape index (κ2) is 7.72. The molecule has 1 unspecified atom stereocenters. The normalized spacial score (nSPS) is 13.3. The SMILES string of the molecule is [B]c1c([B])c([B])c([C@H](C)Nc2cc(=O)n(C(C)CC)c(=O)[nH]2)c([B])c1[B]. The number of nitrogens with zero attached hydrogens (tertiary/aromatic N) is 1. The zero-order valence-electron chi connectivity index (χ0n) is 15.1. The smallest absolute Gasteiger partial charge is 0.330 e. The Morgan fingerprint density at radius 1 is 1.00 bits per heavy atom. The average molecular weight is 336 g/mol. The van der Waals surface area contributed by atoms with Gasteiger partial charge in [-0.1, -0.05) is 17.8 Å². The molecule has 0 saturated heterocycles. The van der Waals surface area contributed by atoms with Crippen molar-refractivity contribution in [1.82, 2.24) is 9.55 Å². The Morgan fingerprint density at radius 3 is 1.96 bits per heavy atom. The van der Waals surface area contributed by atoms with E-state index in [9.17, 15) is 9.59 Å². The highest BCUT2D eigenvalue weighted by Crippen LogP contribution is 2.12. The van der Waals surface area contributed by atoms with E-state index in [4.69, 9.17) is 39.2 Å². The summed E-state index contributed by atoms with van der Waals surface area (Å²) < 4.78 is 1.16. The zero-order valence-corrected chi connectivity index (χ0v) is 15.1. The van der Waals surface area contributed by atoms with E-state index in [2.05, 4.69) is 10.3 Å². The van der Waals surface area contributed by atoms with Crippen LogP contribution in [0.3, 0.4) is 0 Å². The van der Waals surface area contributed by atoms with Gasteiger partial charge in [0, 0.05) is 18.2 Å². The van der Waals surface area contributed by atoms with Crippen LogP contribution >= 0.6 is 0 Å². The molecule has 0 amide bonds. The number of hydrogen-bond donors (Lipinski definition) is 2. The fraction of sp³-hybridized carbons (Fsp3) is 0.375. The summed E-state index contributed by atoms with van der Waals surface area (Å²) in [6.07, 6.45) is 0.656. The van der Waals surface area contributed by atoms with Crippen LogP contribution in [0.4, 0.5) is 5.82 Å². The molecule has 0 spiro atoms. The van der Waals surface area contributed by atoms with Crippen molar-refractivity contribution < 1.29 is 0 Å². The van der Waals surface area contributed by atoms with Crippen molar-refractivity contribution in [3.05, 3.63) is 32.5 Å². The van der Waals surface area contributed by atoms with Crippen molar-refractivity contribution in [2.75, 3.05) is 5.32 Å². The number of benzene rings is 1. The van der Waals surface area contributed by atoms with Gasteiger partial charge in [-0.3, -0.25) is 14.3 Å². The Hall–Kier alpha value is -1.98. The third-order valence-electron chi connectivity index (χ3n) is 4.54. The van der Waals surface area contributed by atoms with Gasteiger partial charge in [-0.15, -0.1) is 16.4 Å². The molecule has 0 aliphatic rings. The van der Waals surface area contributed by atoms with Gasteiger partial charge in [-0.05, 0) is 25.8 Å². The third-order valence-corrected chi connectivity index (χ3v) is 4.54. The fourth-order valence-corrected chi connectivity index (χ4v) is 2.82. The van der Waals surface area contributed by atoms with Gasteiger partial charge in [-0.2, -0.15) is 0 Å². The maximum Gasteiger partial charge on any atom is 0.330 e. The molecule has 2 N–H and O–H groups in total. The van der Waals surface area contributed by atoms with Gasteiger partial charge >= 0.3 is 5.69 Å². The Morgan fingerprint density at radius 2 is 1.50 bits per heavy atom. The maximum absolute atomic E-state index is 12.3. The molecule has 1 aromatic heterocycles. The van der Waals surface area contributed by atoms with E-state index >= 15 is 0 Å². The first-order chi connectivity index (χ1) is 12.1. The van der Waals surface area contributed by atoms with Crippen LogP contribution in [-0.2, 0) is 0 Å². The van der Waals surface area contributed by atoms with Crippen molar-refractivity contribution in [1.29, 1.82) is 0 Å². The molecular formula is C16H16B5N3O2. The highest BCUT2D eigenvalue weighted by Gasteiger charge is 2.17. The first-order valence-corrected chi connectivity index (χ1v) is 8.23. The molecule has 0 bridgehead atoms. The van der Waals surface area contributed by atoms with Gasteiger partial charge in [0.15, 0.2) is 0 Å². The van der Waals surface area contributed by atoms with Gasteiger partial charge in [0.25, 0.3) is 5.56 Å². The minimum absolute atomic E-state index is 0.125. The minimum atomic E-state index is -0.501. The molecule has 0 saturated carbocycles. The van der Waals surface area contributed by atoms with Gasteiger partial charge in [-0.25, -0.2) is 4.79 Å². The lowest BCUT2D eigenvalue weighted by molar-refractivity contribution is 0.490. The zero-order chi connectivity index (χ0) is 19.8. The highest BCUT2D eigenvalue weighted by atomic mass is 16.2. The number of rotatable bonds is 5. The molecule has 2 aromatic rings. The molecular weight excluding hydrogens is 320 g/mol. The number of anilines is 1. The van der Waals surface area contributed by atoms with Crippen molar-refractivity contribution in [3.8, 4) is 0 Å². The summed E-state index contributed by atoms with van der Waals surface area (Å²) in [5, 5.41) is 3.00. The Bertz CT molecular complexity index is 894. The molecule has 0 aliphatic heterocycles. The molecule has 5 nitrogen and oxygen atoms in total. The van der Waals surface area contributed by atoms with E-state index in [1.165, 1.54) is 6.07 Å². The summed E-state index contributed by atoms with van der Waals surface area (Å²) in [5.74, 6) is 0.236. The van der Waals surface area contributed by atoms with Crippen molar-refractivity contribution in [3.63, 3.8) is 0 Å². The van der Waals surface area contributed by atoms with Crippen molar-refractivity contribution in [2.45, 2.75) is 39.3 Å². The van der Waals surface area contributed by atoms with Crippen LogP contribution in [0.2, 0.25) is 0 Å². The van der Waals surface area contributed by atoms with Crippen LogP contribution in [0.1, 0.15) is 44.8 Å². The van der Waals surface area contributed by atoms with E-state index in [1.54, 1.807) is 13.8 Å². The summed E-state index contributed by atoms with van der Waals surface area (Å²) >= 11 is 0. The molecule has 0 fully saturated rings. The van der Waals surface area contributed by atoms with Crippen LogP contribution in [0.15, 0.2) is 15.7 Å². The van der Waals surface area contributed by atoms with Crippen LogP contribution in [0.25, 0.3) is 0 Å². The Balaban J connectivity index is 2.45. The Labute approximate surface area is 159 Å². The highest BCUT2D eigenvalue weighted by molar-refractivity contribution is 6.67. The molecule has 0 aliphatic carbocycles. The summed E-state index contributed by atoms with van der Waals surface area (Å²) in [5.41, 5.74) is 0.339. The van der Waals surface area contributed by atoms with Gasteiger partial charge in [0.2, 0.25) is 0 Å². The lowest BCUT2D eigenvalue weighted by Crippen LogP contribution is -2.57. The third kappa shape index (κ3) is 3.60. The molecule has 10 heteroatoms. The van der Waals surface area contributed by atoms with Crippen molar-refractivity contribution in [2.24, 2.45) is 0 Å². The van der Waals surface area contributed by atoms with Gasteiger partial charge in [0.1, 0.15) is 45.0 Å². The van der Waals surface area contributed by atoms with E-state index in [0.29, 0.717) is 12.0 Å². The summed E-state index contributed by atoms with van der Waals surface area (Å²) in [4.78, 5) is 27.1. The standard InChI is InChI=1S/C16H16B5N3O2/c1-4-6(2)24-9(25)5-8(23-16(24)26)22-7(3)10-11(17)13(19)15(21)14(20)12(10)18/h5-7,22H,4H2,1-3H3,(H,23,26)/t6?,7-/m0/s1. The number of aromatic nitrogens is 2. The van der Waals surface area contributed by atoms with Crippen molar-refractivity contribution >= 4 is 72.4 Å². The summed E-state index contributed by atoms with van der Waals surface area (Å²) in [7, 11) is 29.6. The Kier molecular flexibility index (Phi) is 6.04. The predicted molar refractivity (Wildman–Crippen MR) is 112 cm³/mol. The van der Waals surface area contributed by atoms with E-state index in [-0.39, 0.29) is 39.2 Å². The largest absolute Gasteiger partial charge is 0.365 e. The molecule has 26 heavy (non-hydrogen) atoms. The lowest BCUT2D eigenvalue weighted by Gasteiger charge is -2.26. The van der Waals surface area contributed by atoms with Gasteiger partial charge in [0.05, 0.1) is 0 Å². The van der Waals surface area contributed by atoms with E-state index in [0.717, 1.165) is 4.57 Å². The van der Waals surface area contributed by atoms with Crippen LogP contribution < -0.4 is 43.9 Å². The van der Waals surface area contributed by atoms with Crippen LogP contribution in [-0.4, -0.2) is 48.8 Å². The monoisotopic (exact) mass is 337 g/mol. The molecule has 10 radical (unpaired) electrons. The van der Waals surface area contributed by atoms with E-state index in [1.807, 2.05) is 6.92 Å². The second-order valence-corrected chi connectivity index (χ2v) is 6.30. The fourth-order valence-electron chi connectivity index (χ4n) is 2.82. The predicted octanol–water partition coefficient (Wildman–Crippen LogP) is -3.35. The molecule has 1 aromatic carbocycles. The molecule has 1 heterocycles. The first kappa shape index (κ1) is 20.3. The van der Waals surface area contributed by atoms with Crippen LogP contribution in [0, 0.1) is 0 Å². The second-order valence-electron chi connectivity index (χ2n) is 6.30. The quantitative estimate of drug-likeness (QED) is 0.561. The van der Waals surface area contributed by atoms with E-state index < -0.39 is 17.3 Å². The van der Waals surface area contributed by atoms with Gasteiger partial charge < -0.3 is 5.32 Å². The molecule has 2 atom stereocenters. The maximum atomic E-state index is 12.3. The summed E-state index contributed by atoms with van der Waals surface area (Å²) in [6.45, 7) is 5.44. The van der Waals surface area contributed by atoms with Crippen LogP contribution in [0.5, 0.6) is 0 Å². The number of nitrogens with one attached hydrogen (secondary N) is 2.